The number of rotatable bonds is 8. The first-order valence-corrected chi connectivity index (χ1v) is 12.7. The molecule has 0 bridgehead atoms. The van der Waals surface area contributed by atoms with Gasteiger partial charge >= 0.3 is 0 Å². The normalized spacial score (nSPS) is 16.1. The maximum atomic E-state index is 2.61. The lowest BCUT2D eigenvalue weighted by atomic mass is 9.79. The summed E-state index contributed by atoms with van der Waals surface area (Å²) in [5, 5.41) is 0. The van der Waals surface area contributed by atoms with Gasteiger partial charge < -0.3 is 9.80 Å². The molecular formula is C31H36N2. The zero-order chi connectivity index (χ0) is 22.9. The summed E-state index contributed by atoms with van der Waals surface area (Å²) in [7, 11) is 0. The molecule has 0 radical (unpaired) electrons. The first-order valence-electron chi connectivity index (χ1n) is 12.7. The molecule has 0 aromatic heterocycles. The highest BCUT2D eigenvalue weighted by molar-refractivity contribution is 5.95. The third-order valence-corrected chi connectivity index (χ3v) is 7.60. The van der Waals surface area contributed by atoms with Crippen LogP contribution in [0.3, 0.4) is 0 Å². The Kier molecular flexibility index (Phi) is 6.01. The molecule has 0 aliphatic heterocycles. The molecule has 33 heavy (non-hydrogen) atoms. The van der Waals surface area contributed by atoms with Crippen LogP contribution < -0.4 is 9.80 Å². The van der Waals surface area contributed by atoms with Gasteiger partial charge in [-0.15, -0.1) is 0 Å². The van der Waals surface area contributed by atoms with Crippen molar-refractivity contribution in [2.45, 2.75) is 46.0 Å². The molecule has 3 aliphatic carbocycles. The smallest absolute Gasteiger partial charge is 0.0652 e. The van der Waals surface area contributed by atoms with Gasteiger partial charge in [0.05, 0.1) is 11.4 Å². The van der Waals surface area contributed by atoms with Crippen molar-refractivity contribution in [3.8, 4) is 11.1 Å². The summed E-state index contributed by atoms with van der Waals surface area (Å²) >= 11 is 0. The highest BCUT2D eigenvalue weighted by Crippen LogP contribution is 2.55. The van der Waals surface area contributed by atoms with Gasteiger partial charge in [0.1, 0.15) is 0 Å². The van der Waals surface area contributed by atoms with Crippen LogP contribution in [-0.2, 0) is 6.42 Å². The summed E-state index contributed by atoms with van der Waals surface area (Å²) in [6, 6.07) is 9.09. The van der Waals surface area contributed by atoms with E-state index in [0.717, 1.165) is 32.6 Å². The Hall–Kier alpha value is -3.00. The Morgan fingerprint density at radius 3 is 1.76 bits per heavy atom. The van der Waals surface area contributed by atoms with Gasteiger partial charge in [-0.1, -0.05) is 72.9 Å². The average molecular weight is 437 g/mol. The Morgan fingerprint density at radius 1 is 0.667 bits per heavy atom. The minimum absolute atomic E-state index is 0.311. The summed E-state index contributed by atoms with van der Waals surface area (Å²) < 4.78 is 0. The van der Waals surface area contributed by atoms with Crippen molar-refractivity contribution in [2.24, 2.45) is 0 Å². The van der Waals surface area contributed by atoms with Crippen LogP contribution in [0.25, 0.3) is 11.1 Å². The second-order valence-electron chi connectivity index (χ2n) is 9.15. The van der Waals surface area contributed by atoms with Crippen molar-refractivity contribution < 1.29 is 0 Å². The van der Waals surface area contributed by atoms with Crippen LogP contribution >= 0.6 is 0 Å². The number of allylic oxidation sites excluding steroid dienone is 8. The molecule has 5 rings (SSSR count). The van der Waals surface area contributed by atoms with Gasteiger partial charge in [-0.05, 0) is 61.1 Å². The van der Waals surface area contributed by atoms with E-state index in [1.807, 2.05) is 0 Å². The Morgan fingerprint density at radius 2 is 1.18 bits per heavy atom. The Bertz CT molecular complexity index is 1130. The molecule has 3 aliphatic rings. The zero-order valence-electron chi connectivity index (χ0n) is 20.5. The summed E-state index contributed by atoms with van der Waals surface area (Å²) in [6.45, 7) is 13.3. The Balaban J connectivity index is 1.95. The first-order chi connectivity index (χ1) is 16.2. The molecule has 0 spiro atoms. The molecule has 0 unspecified atom stereocenters. The molecule has 0 saturated carbocycles. The van der Waals surface area contributed by atoms with E-state index in [-0.39, 0.29) is 0 Å². The number of nitrogens with zero attached hydrogens (tertiary/aromatic N) is 2. The van der Waals surface area contributed by atoms with Crippen LogP contribution in [0.2, 0.25) is 0 Å². The van der Waals surface area contributed by atoms with Gasteiger partial charge in [0.15, 0.2) is 0 Å². The molecular weight excluding hydrogens is 400 g/mol. The minimum atomic E-state index is 0.311. The van der Waals surface area contributed by atoms with Crippen molar-refractivity contribution >= 4 is 11.4 Å². The van der Waals surface area contributed by atoms with Crippen LogP contribution in [0.4, 0.5) is 11.4 Å². The quantitative estimate of drug-likeness (QED) is 0.364. The van der Waals surface area contributed by atoms with Crippen LogP contribution in [0.5, 0.6) is 0 Å². The van der Waals surface area contributed by atoms with Gasteiger partial charge in [0.2, 0.25) is 0 Å². The third kappa shape index (κ3) is 3.47. The molecule has 170 valence electrons. The lowest BCUT2D eigenvalue weighted by Gasteiger charge is -2.37. The maximum Gasteiger partial charge on any atom is 0.0652 e. The highest BCUT2D eigenvalue weighted by atomic mass is 15.2. The zero-order valence-corrected chi connectivity index (χ0v) is 20.5. The predicted octanol–water partition coefficient (Wildman–Crippen LogP) is 7.37. The molecule has 2 aromatic carbocycles. The van der Waals surface area contributed by atoms with Crippen LogP contribution in [0.15, 0.2) is 72.9 Å². The van der Waals surface area contributed by atoms with Crippen molar-refractivity contribution in [2.75, 3.05) is 36.0 Å². The van der Waals surface area contributed by atoms with Gasteiger partial charge in [-0.25, -0.2) is 0 Å². The van der Waals surface area contributed by atoms with E-state index in [4.69, 9.17) is 0 Å². The fourth-order valence-corrected chi connectivity index (χ4v) is 6.07. The average Bonchev–Trinajstić information content (AvgIpc) is 3.61. The van der Waals surface area contributed by atoms with Gasteiger partial charge in [-0.2, -0.15) is 0 Å². The van der Waals surface area contributed by atoms with Gasteiger partial charge in [0.25, 0.3) is 0 Å². The first kappa shape index (κ1) is 21.8. The van der Waals surface area contributed by atoms with Crippen molar-refractivity contribution in [1.82, 2.24) is 0 Å². The lowest BCUT2D eigenvalue weighted by molar-refractivity contribution is 0.814. The van der Waals surface area contributed by atoms with Crippen molar-refractivity contribution in [1.29, 1.82) is 0 Å². The topological polar surface area (TPSA) is 6.48 Å². The second kappa shape index (κ2) is 9.09. The SMILES string of the molecule is CCN(CC)c1c2c(c(C3C=CC=C3)c(C3C=CC=C3)c1N(CC)CC)-c1ccccc1C2. The molecule has 2 heteroatoms. The van der Waals surface area contributed by atoms with Gasteiger partial charge in [-0.3, -0.25) is 0 Å². The third-order valence-electron chi connectivity index (χ3n) is 7.60. The fraction of sp³-hybridized carbons (Fsp3) is 0.355. The highest BCUT2D eigenvalue weighted by Gasteiger charge is 2.36. The van der Waals surface area contributed by atoms with Crippen LogP contribution in [0, 0.1) is 0 Å². The summed E-state index contributed by atoms with van der Waals surface area (Å²) in [6.07, 6.45) is 19.4. The molecule has 0 N–H and O–H groups in total. The van der Waals surface area contributed by atoms with E-state index in [1.54, 1.807) is 0 Å². The summed E-state index contributed by atoms with van der Waals surface area (Å²) in [4.78, 5) is 5.21. The number of benzene rings is 2. The standard InChI is InChI=1S/C31H36N2/c1-5-32(6-2)30-26-21-24-19-13-14-20-25(24)29(26)27(22-15-9-10-16-22)28(23-17-11-12-18-23)31(30)33(7-3)8-4/h9-20,22-23H,5-8,21H2,1-4H3. The fourth-order valence-electron chi connectivity index (χ4n) is 6.07. The number of fused-ring (bicyclic) bond motifs is 3. The molecule has 0 heterocycles. The van der Waals surface area contributed by atoms with Crippen molar-refractivity contribution in [3.63, 3.8) is 0 Å². The lowest BCUT2D eigenvalue weighted by Crippen LogP contribution is -2.31. The summed E-state index contributed by atoms with van der Waals surface area (Å²) in [5.41, 5.74) is 11.9. The van der Waals surface area contributed by atoms with E-state index in [0.29, 0.717) is 11.8 Å². The largest absolute Gasteiger partial charge is 0.370 e. The van der Waals surface area contributed by atoms with Crippen LogP contribution in [0.1, 0.15) is 61.8 Å². The summed E-state index contributed by atoms with van der Waals surface area (Å²) in [5.74, 6) is 0.632. The molecule has 0 saturated heterocycles. The van der Waals surface area contributed by atoms with E-state index in [9.17, 15) is 0 Å². The molecule has 0 atom stereocenters. The molecule has 0 amide bonds. The molecule has 0 fully saturated rings. The second-order valence-corrected chi connectivity index (χ2v) is 9.15. The van der Waals surface area contributed by atoms with Crippen LogP contribution in [-0.4, -0.2) is 26.2 Å². The number of hydrogen-bond acceptors (Lipinski definition) is 2. The number of hydrogen-bond donors (Lipinski definition) is 0. The van der Waals surface area contributed by atoms with E-state index < -0.39 is 0 Å². The number of anilines is 2. The Labute approximate surface area is 199 Å². The van der Waals surface area contributed by atoms with E-state index in [2.05, 4.69) is 110 Å². The predicted molar refractivity (Wildman–Crippen MR) is 144 cm³/mol. The molecule has 2 aromatic rings. The van der Waals surface area contributed by atoms with E-state index >= 15 is 0 Å². The minimum Gasteiger partial charge on any atom is -0.370 e. The maximum absolute atomic E-state index is 2.61. The molecule has 2 nitrogen and oxygen atoms in total. The van der Waals surface area contributed by atoms with Gasteiger partial charge in [0, 0.05) is 44.4 Å². The van der Waals surface area contributed by atoms with Crippen molar-refractivity contribution in [3.05, 3.63) is 95.1 Å². The monoisotopic (exact) mass is 436 g/mol. The van der Waals surface area contributed by atoms with E-state index in [1.165, 1.54) is 44.8 Å².